The normalized spacial score (nSPS) is 21.9. The third-order valence-electron chi connectivity index (χ3n) is 4.74. The number of rotatable bonds is 5. The van der Waals surface area contributed by atoms with Crippen LogP contribution in [0.4, 0.5) is 0 Å². The minimum absolute atomic E-state index is 0.155. The van der Waals surface area contributed by atoms with Crippen LogP contribution in [0, 0.1) is 0 Å². The van der Waals surface area contributed by atoms with Crippen LogP contribution in [0.3, 0.4) is 0 Å². The zero-order valence-electron chi connectivity index (χ0n) is 13.6. The molecule has 2 aliphatic rings. The molecular weight excluding hydrogens is 314 g/mol. The first-order valence-electron chi connectivity index (χ1n) is 8.49. The Hall–Kier alpha value is -1.93. The van der Waals surface area contributed by atoms with Crippen LogP contribution in [-0.2, 0) is 17.8 Å². The highest BCUT2D eigenvalue weighted by atomic mass is 16.5. The van der Waals surface area contributed by atoms with E-state index in [-0.39, 0.29) is 30.5 Å². The smallest absolute Gasteiger partial charge is 0.352 e. The number of piperidine rings is 1. The number of H-pyrrole nitrogens is 1. The summed E-state index contributed by atoms with van der Waals surface area (Å²) in [4.78, 5) is 40.9. The van der Waals surface area contributed by atoms with Gasteiger partial charge in [0.2, 0.25) is 0 Å². The summed E-state index contributed by atoms with van der Waals surface area (Å²) >= 11 is 0. The maximum Gasteiger partial charge on any atom is 0.352 e. The van der Waals surface area contributed by atoms with Gasteiger partial charge in [0.15, 0.2) is 0 Å². The molecule has 3 rings (SSSR count). The molecule has 8 heteroatoms. The van der Waals surface area contributed by atoms with Crippen molar-refractivity contribution in [1.82, 2.24) is 14.5 Å². The molecule has 0 saturated carbocycles. The fraction of sp³-hybridized carbons (Fsp3) is 0.688. The third kappa shape index (κ3) is 3.59. The summed E-state index contributed by atoms with van der Waals surface area (Å²) in [5.41, 5.74) is -1.34. The SMILES string of the molecule is O=C(O)c1[nH]c(=O)n(C[C@@H]2CCCO2)c(=O)c1CN1CCCCC1. The van der Waals surface area contributed by atoms with Crippen LogP contribution in [-0.4, -0.2) is 51.3 Å². The molecule has 2 saturated heterocycles. The number of nitrogens with zero attached hydrogens (tertiary/aromatic N) is 2. The van der Waals surface area contributed by atoms with Gasteiger partial charge < -0.3 is 14.8 Å². The second-order valence-electron chi connectivity index (χ2n) is 6.48. The number of hydrogen-bond acceptors (Lipinski definition) is 5. The van der Waals surface area contributed by atoms with Crippen molar-refractivity contribution in [2.75, 3.05) is 19.7 Å². The third-order valence-corrected chi connectivity index (χ3v) is 4.74. The minimum Gasteiger partial charge on any atom is -0.477 e. The number of carboxylic acids is 1. The van der Waals surface area contributed by atoms with Gasteiger partial charge in [0.05, 0.1) is 18.2 Å². The van der Waals surface area contributed by atoms with E-state index < -0.39 is 17.2 Å². The highest BCUT2D eigenvalue weighted by Gasteiger charge is 2.24. The molecule has 0 amide bonds. The highest BCUT2D eigenvalue weighted by molar-refractivity contribution is 5.86. The maximum absolute atomic E-state index is 12.8. The molecule has 2 N–H and O–H groups in total. The van der Waals surface area contributed by atoms with Crippen molar-refractivity contribution in [2.45, 2.75) is 51.3 Å². The number of nitrogens with one attached hydrogen (secondary N) is 1. The van der Waals surface area contributed by atoms with Crippen LogP contribution in [0.5, 0.6) is 0 Å². The Balaban J connectivity index is 1.95. The zero-order valence-corrected chi connectivity index (χ0v) is 13.6. The van der Waals surface area contributed by atoms with Gasteiger partial charge in [-0.15, -0.1) is 0 Å². The van der Waals surface area contributed by atoms with E-state index in [2.05, 4.69) is 9.88 Å². The fourth-order valence-corrected chi connectivity index (χ4v) is 3.44. The molecule has 1 aromatic rings. The van der Waals surface area contributed by atoms with Crippen molar-refractivity contribution in [1.29, 1.82) is 0 Å². The molecule has 132 valence electrons. The monoisotopic (exact) mass is 337 g/mol. The Kier molecular flexibility index (Phi) is 5.15. The quantitative estimate of drug-likeness (QED) is 0.806. The Morgan fingerprint density at radius 2 is 1.96 bits per heavy atom. The number of hydrogen-bond donors (Lipinski definition) is 2. The molecule has 24 heavy (non-hydrogen) atoms. The number of carbonyl (C=O) groups is 1. The van der Waals surface area contributed by atoms with E-state index in [4.69, 9.17) is 4.74 Å². The number of aromatic carboxylic acids is 1. The van der Waals surface area contributed by atoms with E-state index in [0.29, 0.717) is 6.61 Å². The van der Waals surface area contributed by atoms with Gasteiger partial charge >= 0.3 is 11.7 Å². The van der Waals surface area contributed by atoms with Crippen LogP contribution >= 0.6 is 0 Å². The molecule has 2 aliphatic heterocycles. The summed E-state index contributed by atoms with van der Waals surface area (Å²) < 4.78 is 6.58. The topological polar surface area (TPSA) is 105 Å². The largest absolute Gasteiger partial charge is 0.477 e. The molecular formula is C16H23N3O5. The predicted octanol–water partition coefficient (Wildman–Crippen LogP) is 0.400. The Morgan fingerprint density at radius 1 is 1.21 bits per heavy atom. The highest BCUT2D eigenvalue weighted by Crippen LogP contribution is 2.14. The molecule has 0 aromatic carbocycles. The van der Waals surface area contributed by atoms with E-state index >= 15 is 0 Å². The first kappa shape index (κ1) is 16.9. The number of aromatic nitrogens is 2. The van der Waals surface area contributed by atoms with Crippen LogP contribution in [0.25, 0.3) is 0 Å². The van der Waals surface area contributed by atoms with Gasteiger partial charge in [-0.3, -0.25) is 14.3 Å². The van der Waals surface area contributed by atoms with Crippen LogP contribution in [0.1, 0.15) is 48.2 Å². The summed E-state index contributed by atoms with van der Waals surface area (Å²) in [6.45, 7) is 2.72. The molecule has 1 atom stereocenters. The van der Waals surface area contributed by atoms with Crippen molar-refractivity contribution in [2.24, 2.45) is 0 Å². The molecule has 1 aromatic heterocycles. The van der Waals surface area contributed by atoms with E-state index in [1.54, 1.807) is 0 Å². The lowest BCUT2D eigenvalue weighted by Crippen LogP contribution is -2.44. The van der Waals surface area contributed by atoms with Crippen molar-refractivity contribution < 1.29 is 14.6 Å². The first-order valence-corrected chi connectivity index (χ1v) is 8.49. The number of carboxylic acid groups (broad SMARTS) is 1. The average molecular weight is 337 g/mol. The van der Waals surface area contributed by atoms with Gasteiger partial charge in [-0.1, -0.05) is 6.42 Å². The fourth-order valence-electron chi connectivity index (χ4n) is 3.44. The first-order chi connectivity index (χ1) is 11.6. The number of likely N-dealkylation sites (tertiary alicyclic amines) is 1. The van der Waals surface area contributed by atoms with E-state index in [1.165, 1.54) is 0 Å². The van der Waals surface area contributed by atoms with Crippen molar-refractivity contribution in [3.8, 4) is 0 Å². The standard InChI is InChI=1S/C16H23N3O5/c20-14-12(10-18-6-2-1-3-7-18)13(15(21)22)17-16(23)19(14)9-11-5-4-8-24-11/h11H,1-10H2,(H,17,23)(H,21,22)/t11-/m0/s1. The molecule has 8 nitrogen and oxygen atoms in total. The van der Waals surface area contributed by atoms with Gasteiger partial charge in [-0.25, -0.2) is 9.59 Å². The van der Waals surface area contributed by atoms with Gasteiger partial charge in [0.1, 0.15) is 5.69 Å². The average Bonchev–Trinajstić information content (AvgIpc) is 3.08. The van der Waals surface area contributed by atoms with E-state index in [9.17, 15) is 19.5 Å². The lowest BCUT2D eigenvalue weighted by Gasteiger charge is -2.26. The Labute approximate surface area is 139 Å². The molecule has 0 aliphatic carbocycles. The maximum atomic E-state index is 12.8. The van der Waals surface area contributed by atoms with Crippen LogP contribution in [0.15, 0.2) is 9.59 Å². The molecule has 3 heterocycles. The van der Waals surface area contributed by atoms with Crippen molar-refractivity contribution in [3.63, 3.8) is 0 Å². The molecule has 0 unspecified atom stereocenters. The lowest BCUT2D eigenvalue weighted by atomic mass is 10.1. The second-order valence-corrected chi connectivity index (χ2v) is 6.48. The summed E-state index contributed by atoms with van der Waals surface area (Å²) in [6.07, 6.45) is 4.77. The van der Waals surface area contributed by atoms with Gasteiger partial charge in [0, 0.05) is 13.2 Å². The van der Waals surface area contributed by atoms with Crippen molar-refractivity contribution >= 4 is 5.97 Å². The number of aromatic amines is 1. The van der Waals surface area contributed by atoms with Crippen molar-refractivity contribution in [3.05, 3.63) is 32.1 Å². The van der Waals surface area contributed by atoms with E-state index in [1.807, 2.05) is 0 Å². The van der Waals surface area contributed by atoms with Gasteiger partial charge in [-0.2, -0.15) is 0 Å². The second kappa shape index (κ2) is 7.31. The van der Waals surface area contributed by atoms with Crippen LogP contribution in [0.2, 0.25) is 0 Å². The van der Waals surface area contributed by atoms with E-state index in [0.717, 1.165) is 49.8 Å². The predicted molar refractivity (Wildman–Crippen MR) is 86.4 cm³/mol. The minimum atomic E-state index is -1.28. The summed E-state index contributed by atoms with van der Waals surface area (Å²) in [5, 5.41) is 9.36. The van der Waals surface area contributed by atoms with Gasteiger partial charge in [-0.05, 0) is 38.8 Å². The van der Waals surface area contributed by atoms with Gasteiger partial charge in [0.25, 0.3) is 5.56 Å². The molecule has 0 radical (unpaired) electrons. The Bertz CT molecular complexity index is 711. The molecule has 2 fully saturated rings. The summed E-state index contributed by atoms with van der Waals surface area (Å²) in [5.74, 6) is -1.28. The summed E-state index contributed by atoms with van der Waals surface area (Å²) in [6, 6.07) is 0. The number of ether oxygens (including phenoxy) is 1. The molecule has 0 spiro atoms. The Morgan fingerprint density at radius 3 is 2.58 bits per heavy atom. The van der Waals surface area contributed by atoms with Crippen LogP contribution < -0.4 is 11.2 Å². The summed E-state index contributed by atoms with van der Waals surface area (Å²) in [7, 11) is 0. The zero-order chi connectivity index (χ0) is 17.1. The molecule has 0 bridgehead atoms. The lowest BCUT2D eigenvalue weighted by molar-refractivity contribution is 0.0685.